The van der Waals surface area contributed by atoms with Crippen molar-refractivity contribution in [3.05, 3.63) is 64.7 Å². The molecule has 2 amide bonds. The monoisotopic (exact) mass is 493 g/mol. The first-order valence-corrected chi connectivity index (χ1v) is 13.1. The molecule has 0 saturated carbocycles. The van der Waals surface area contributed by atoms with E-state index in [1.54, 1.807) is 36.2 Å². The Morgan fingerprint density at radius 3 is 2.39 bits per heavy atom. The first-order valence-electron chi connectivity index (χ1n) is 10.9. The molecule has 33 heavy (non-hydrogen) atoms. The van der Waals surface area contributed by atoms with Gasteiger partial charge in [0, 0.05) is 31.6 Å². The minimum atomic E-state index is -3.56. The molecule has 1 N–H and O–H groups in total. The van der Waals surface area contributed by atoms with Crippen LogP contribution in [-0.2, 0) is 26.2 Å². The molecule has 0 aromatic heterocycles. The van der Waals surface area contributed by atoms with Gasteiger partial charge in [-0.15, -0.1) is 0 Å². The first-order chi connectivity index (χ1) is 15.6. The first kappa shape index (κ1) is 26.7. The van der Waals surface area contributed by atoms with E-state index in [4.69, 9.17) is 11.6 Å². The molecule has 0 aliphatic carbocycles. The Kier molecular flexibility index (Phi) is 9.73. The summed E-state index contributed by atoms with van der Waals surface area (Å²) in [6.45, 7) is 4.26. The fraction of sp³-hybridized carbons (Fsp3) is 0.417. The van der Waals surface area contributed by atoms with E-state index >= 15 is 0 Å². The molecular formula is C24H32ClN3O4S. The van der Waals surface area contributed by atoms with Crippen molar-refractivity contribution >= 4 is 39.1 Å². The number of nitrogens with one attached hydrogen (secondary N) is 1. The highest BCUT2D eigenvalue weighted by molar-refractivity contribution is 7.92. The molecule has 0 spiro atoms. The highest BCUT2D eigenvalue weighted by Gasteiger charge is 2.28. The molecule has 0 saturated heterocycles. The summed E-state index contributed by atoms with van der Waals surface area (Å²) >= 11 is 6.03. The van der Waals surface area contributed by atoms with E-state index in [2.05, 4.69) is 5.32 Å². The van der Waals surface area contributed by atoms with E-state index in [9.17, 15) is 18.0 Å². The summed E-state index contributed by atoms with van der Waals surface area (Å²) in [5.74, 6) is -0.427. The molecular weight excluding hydrogens is 462 g/mol. The zero-order chi connectivity index (χ0) is 24.6. The van der Waals surface area contributed by atoms with Gasteiger partial charge in [-0.05, 0) is 49.1 Å². The number of amides is 2. The maximum Gasteiger partial charge on any atom is 0.242 e. The van der Waals surface area contributed by atoms with Crippen LogP contribution in [0.25, 0.3) is 0 Å². The fourth-order valence-electron chi connectivity index (χ4n) is 3.69. The molecule has 2 aromatic carbocycles. The Hall–Kier alpha value is -2.58. The number of carbonyl (C=O) groups is 2. The number of halogens is 1. The van der Waals surface area contributed by atoms with Gasteiger partial charge in [0.1, 0.15) is 6.04 Å². The highest BCUT2D eigenvalue weighted by atomic mass is 35.5. The van der Waals surface area contributed by atoms with Crippen LogP contribution in [0.15, 0.2) is 48.5 Å². The molecule has 0 radical (unpaired) electrons. The number of hydrogen-bond donors (Lipinski definition) is 1. The van der Waals surface area contributed by atoms with Crippen molar-refractivity contribution in [1.82, 2.24) is 10.2 Å². The number of carbonyl (C=O) groups excluding carboxylic acids is 2. The van der Waals surface area contributed by atoms with E-state index < -0.39 is 16.1 Å². The molecule has 0 unspecified atom stereocenters. The molecule has 0 fully saturated rings. The van der Waals surface area contributed by atoms with E-state index in [-0.39, 0.29) is 24.8 Å². The molecule has 0 bridgehead atoms. The maximum absolute atomic E-state index is 13.3. The largest absolute Gasteiger partial charge is 0.357 e. The Labute approximate surface area is 201 Å². The van der Waals surface area contributed by atoms with Crippen molar-refractivity contribution in [3.63, 3.8) is 0 Å². The molecule has 0 heterocycles. The van der Waals surface area contributed by atoms with Crippen LogP contribution in [0.1, 0.15) is 37.3 Å². The fourth-order valence-corrected chi connectivity index (χ4v) is 4.83. The third kappa shape index (κ3) is 7.47. The van der Waals surface area contributed by atoms with Crippen molar-refractivity contribution < 1.29 is 18.0 Å². The number of aryl methyl sites for hydroxylation is 1. The number of likely N-dealkylation sites (N-methyl/N-ethyl adjacent to an activating group) is 1. The summed E-state index contributed by atoms with van der Waals surface area (Å²) in [5.41, 5.74) is 2.45. The lowest BCUT2D eigenvalue weighted by Crippen LogP contribution is -2.48. The quantitative estimate of drug-likeness (QED) is 0.516. The van der Waals surface area contributed by atoms with Gasteiger partial charge in [0.15, 0.2) is 0 Å². The second kappa shape index (κ2) is 12.0. The summed E-state index contributed by atoms with van der Waals surface area (Å²) in [5, 5.41) is 3.07. The Balaban J connectivity index is 2.20. The lowest BCUT2D eigenvalue weighted by atomic mass is 10.1. The zero-order valence-corrected chi connectivity index (χ0v) is 21.1. The number of sulfonamides is 1. The van der Waals surface area contributed by atoms with Gasteiger partial charge >= 0.3 is 0 Å². The Bertz CT molecular complexity index is 1070. The van der Waals surface area contributed by atoms with Crippen molar-refractivity contribution in [2.45, 2.75) is 45.7 Å². The zero-order valence-electron chi connectivity index (χ0n) is 19.5. The van der Waals surface area contributed by atoms with E-state index in [0.717, 1.165) is 17.4 Å². The van der Waals surface area contributed by atoms with Crippen LogP contribution in [0, 0.1) is 6.92 Å². The van der Waals surface area contributed by atoms with E-state index in [1.165, 1.54) is 4.31 Å². The van der Waals surface area contributed by atoms with Crippen LogP contribution in [-0.4, -0.2) is 51.0 Å². The molecule has 0 aliphatic rings. The summed E-state index contributed by atoms with van der Waals surface area (Å²) in [7, 11) is -2.01. The average Bonchev–Trinajstić information content (AvgIpc) is 2.76. The second-order valence-corrected chi connectivity index (χ2v) is 10.2. The summed E-state index contributed by atoms with van der Waals surface area (Å²) in [6, 6.07) is 13.7. The normalized spacial score (nSPS) is 12.2. The van der Waals surface area contributed by atoms with Gasteiger partial charge in [0.25, 0.3) is 0 Å². The molecule has 1 atom stereocenters. The molecule has 9 heteroatoms. The van der Waals surface area contributed by atoms with Gasteiger partial charge in [-0.2, -0.15) is 0 Å². The molecule has 0 aliphatic heterocycles. The van der Waals surface area contributed by atoms with Crippen molar-refractivity contribution in [2.24, 2.45) is 0 Å². The topological polar surface area (TPSA) is 86.8 Å². The predicted octanol–water partition coefficient (Wildman–Crippen LogP) is 3.75. The van der Waals surface area contributed by atoms with Crippen molar-refractivity contribution in [2.75, 3.05) is 24.2 Å². The summed E-state index contributed by atoms with van der Waals surface area (Å²) in [6.07, 6.45) is 1.99. The van der Waals surface area contributed by atoms with Crippen molar-refractivity contribution in [3.8, 4) is 0 Å². The highest BCUT2D eigenvalue weighted by Crippen LogP contribution is 2.23. The third-order valence-corrected chi connectivity index (χ3v) is 6.91. The van der Waals surface area contributed by atoms with Gasteiger partial charge in [0.05, 0.1) is 11.9 Å². The summed E-state index contributed by atoms with van der Waals surface area (Å²) < 4.78 is 25.9. The lowest BCUT2D eigenvalue weighted by Gasteiger charge is -2.31. The third-order valence-electron chi connectivity index (χ3n) is 5.48. The number of nitrogens with zero attached hydrogens (tertiary/aromatic N) is 2. The van der Waals surface area contributed by atoms with E-state index in [0.29, 0.717) is 30.1 Å². The number of anilines is 1. The number of rotatable bonds is 11. The van der Waals surface area contributed by atoms with Gasteiger partial charge < -0.3 is 10.2 Å². The SMILES string of the molecule is CC[C@H](C(=O)NC)N(Cc1ccccc1C)C(=O)CCCN(c1cccc(Cl)c1)S(C)(=O)=O. The van der Waals surface area contributed by atoms with Gasteiger partial charge in [-0.1, -0.05) is 48.9 Å². The average molecular weight is 494 g/mol. The van der Waals surface area contributed by atoms with Crippen LogP contribution < -0.4 is 9.62 Å². The van der Waals surface area contributed by atoms with Crippen LogP contribution in [0.2, 0.25) is 5.02 Å². The van der Waals surface area contributed by atoms with Gasteiger partial charge in [-0.25, -0.2) is 8.42 Å². The molecule has 2 aromatic rings. The van der Waals surface area contributed by atoms with E-state index in [1.807, 2.05) is 38.1 Å². The standard InChI is InChI=1S/C24H32ClN3O4S/c1-5-22(24(30)26-3)27(17-19-11-7-6-10-18(19)2)23(29)14-9-15-28(33(4,31)32)21-13-8-12-20(25)16-21/h6-8,10-13,16,22H,5,9,14-15,17H2,1-4H3,(H,26,30)/t22-/m1/s1. The number of benzene rings is 2. The minimum Gasteiger partial charge on any atom is -0.357 e. The van der Waals surface area contributed by atoms with Gasteiger partial charge in [0.2, 0.25) is 21.8 Å². The molecule has 7 nitrogen and oxygen atoms in total. The Morgan fingerprint density at radius 2 is 1.82 bits per heavy atom. The smallest absolute Gasteiger partial charge is 0.242 e. The van der Waals surface area contributed by atoms with Gasteiger partial charge in [-0.3, -0.25) is 13.9 Å². The second-order valence-electron chi connectivity index (χ2n) is 7.90. The maximum atomic E-state index is 13.3. The van der Waals surface area contributed by atoms with Crippen molar-refractivity contribution in [1.29, 1.82) is 0 Å². The van der Waals surface area contributed by atoms with Crippen LogP contribution in [0.3, 0.4) is 0 Å². The number of hydrogen-bond acceptors (Lipinski definition) is 4. The predicted molar refractivity (Wildman–Crippen MR) is 133 cm³/mol. The van der Waals surface area contributed by atoms with Crippen LogP contribution in [0.4, 0.5) is 5.69 Å². The van der Waals surface area contributed by atoms with Crippen LogP contribution in [0.5, 0.6) is 0 Å². The van der Waals surface area contributed by atoms with Crippen LogP contribution >= 0.6 is 11.6 Å². The molecule has 2 rings (SSSR count). The Morgan fingerprint density at radius 1 is 1.12 bits per heavy atom. The minimum absolute atomic E-state index is 0.103. The lowest BCUT2D eigenvalue weighted by molar-refractivity contribution is -0.141. The molecule has 180 valence electrons. The summed E-state index contributed by atoms with van der Waals surface area (Å²) in [4.78, 5) is 27.3.